The van der Waals surface area contributed by atoms with Crippen molar-refractivity contribution < 1.29 is 20.1 Å². The molecular formula is C30H21IrN6. The fourth-order valence-electron chi connectivity index (χ4n) is 5.06. The van der Waals surface area contributed by atoms with E-state index in [0.717, 1.165) is 33.7 Å². The normalized spacial score (nSPS) is 15.7. The van der Waals surface area contributed by atoms with Crippen LogP contribution in [0.3, 0.4) is 0 Å². The number of imidazole rings is 1. The first kappa shape index (κ1) is 23.3. The van der Waals surface area contributed by atoms with Gasteiger partial charge in [0.25, 0.3) is 0 Å². The second kappa shape index (κ2) is 9.43. The molecule has 5 aromatic rings. The van der Waals surface area contributed by atoms with Gasteiger partial charge in [-0.25, -0.2) is 0 Å². The quantitative estimate of drug-likeness (QED) is 0.253. The van der Waals surface area contributed by atoms with E-state index >= 15 is 0 Å². The van der Waals surface area contributed by atoms with E-state index in [1.165, 1.54) is 16.6 Å². The summed E-state index contributed by atoms with van der Waals surface area (Å²) in [6.45, 7) is 2.08. The Balaban J connectivity index is 0.000000136. The van der Waals surface area contributed by atoms with Crippen LogP contribution < -0.4 is 20.4 Å². The Labute approximate surface area is 228 Å². The molecule has 3 aromatic carbocycles. The molecule has 7 heteroatoms. The van der Waals surface area contributed by atoms with Crippen molar-refractivity contribution in [2.75, 3.05) is 16.8 Å². The molecule has 0 bridgehead atoms. The number of nitrogens with zero attached hydrogens (tertiary/aromatic N) is 6. The van der Waals surface area contributed by atoms with Crippen LogP contribution in [0.5, 0.6) is 0 Å². The maximum atomic E-state index is 4.85. The van der Waals surface area contributed by atoms with Crippen molar-refractivity contribution >= 4 is 22.8 Å². The molecule has 0 radical (unpaired) electrons. The molecule has 1 unspecified atom stereocenters. The number of benzene rings is 3. The fourth-order valence-corrected chi connectivity index (χ4v) is 5.06. The first-order valence-corrected chi connectivity index (χ1v) is 11.8. The second-order valence-electron chi connectivity index (χ2n) is 8.78. The summed E-state index contributed by atoms with van der Waals surface area (Å²) in [4.78, 5) is 17.8. The van der Waals surface area contributed by atoms with Crippen molar-refractivity contribution in [3.63, 3.8) is 0 Å². The first-order chi connectivity index (χ1) is 17.8. The molecule has 0 aliphatic carbocycles. The number of fused-ring (bicyclic) bond motifs is 8. The molecule has 0 saturated carbocycles. The zero-order valence-corrected chi connectivity index (χ0v) is 22.3. The van der Waals surface area contributed by atoms with Crippen LogP contribution in [-0.4, -0.2) is 21.6 Å². The van der Waals surface area contributed by atoms with Gasteiger partial charge in [-0.3, -0.25) is 4.99 Å². The smallest absolute Gasteiger partial charge is 0.504 e. The predicted molar refractivity (Wildman–Crippen MR) is 140 cm³/mol. The summed E-state index contributed by atoms with van der Waals surface area (Å²) in [5.74, 6) is 0. The van der Waals surface area contributed by atoms with Gasteiger partial charge in [-0.05, 0) is 54.6 Å². The fraction of sp³-hybridized carbons (Fsp3) is 0.0667. The summed E-state index contributed by atoms with van der Waals surface area (Å²) in [7, 11) is 2.06. The zero-order valence-electron chi connectivity index (χ0n) is 19.9. The molecule has 3 aliphatic heterocycles. The molecule has 3 aliphatic rings. The summed E-state index contributed by atoms with van der Waals surface area (Å²) < 4.78 is 2.06. The Hall–Kier alpha value is -4.06. The molecule has 0 fully saturated rings. The Bertz CT molecular complexity index is 1710. The van der Waals surface area contributed by atoms with E-state index in [4.69, 9.17) is 4.99 Å². The molecule has 37 heavy (non-hydrogen) atoms. The number of anilines is 3. The average Bonchev–Trinajstić information content (AvgIpc) is 3.66. The van der Waals surface area contributed by atoms with E-state index in [0.29, 0.717) is 0 Å². The summed E-state index contributed by atoms with van der Waals surface area (Å²) in [5, 5.41) is 2.20. The molecular weight excluding hydrogens is 637 g/mol. The maximum absolute atomic E-state index is 4.85. The van der Waals surface area contributed by atoms with E-state index in [1.807, 2.05) is 36.4 Å². The second-order valence-corrected chi connectivity index (χ2v) is 8.78. The van der Waals surface area contributed by atoms with Crippen molar-refractivity contribution in [1.29, 1.82) is 0 Å². The van der Waals surface area contributed by atoms with Gasteiger partial charge in [0.05, 0.1) is 5.36 Å². The van der Waals surface area contributed by atoms with Gasteiger partial charge >= 0.3 is 20.1 Å². The minimum absolute atomic E-state index is 0. The molecule has 0 saturated heterocycles. The average molecular weight is 658 g/mol. The van der Waals surface area contributed by atoms with Crippen molar-refractivity contribution in [2.24, 2.45) is 4.99 Å². The Kier molecular flexibility index (Phi) is 5.95. The van der Waals surface area contributed by atoms with Crippen LogP contribution in [0.15, 0.2) is 102 Å². The number of hydrogen-bond acceptors (Lipinski definition) is 5. The van der Waals surface area contributed by atoms with Gasteiger partial charge < -0.3 is 24.3 Å². The van der Waals surface area contributed by atoms with Crippen molar-refractivity contribution in [2.45, 2.75) is 6.04 Å². The third-order valence-electron chi connectivity index (χ3n) is 6.67. The minimum atomic E-state index is 0. The largest absolute Gasteiger partial charge is 3.00 e. The molecule has 0 amide bonds. The third kappa shape index (κ3) is 3.79. The minimum Gasteiger partial charge on any atom is -0.504 e. The number of aromatic nitrogens is 3. The standard InChI is InChI=1S/C16H9N4.C14H12N2.Ir/c1-2-6-12-10(4-1)16-15(19-12)11-5-3-7-18-14(11)13-8-17-9-20(13)16;1-15-11-16(12-7-3-2-4-8-12)14-10-6-5-9-13(14)15;/h1-7,9,15H;2-7,9-11H,1H3;/q-1;-2;+3. The molecule has 0 spiro atoms. The third-order valence-corrected chi connectivity index (χ3v) is 6.67. The van der Waals surface area contributed by atoms with Crippen molar-refractivity contribution in [1.82, 2.24) is 14.5 Å². The summed E-state index contributed by atoms with van der Waals surface area (Å²) in [5.41, 5.74) is 7.62. The topological polar surface area (TPSA) is 49.5 Å². The van der Waals surface area contributed by atoms with Crippen LogP contribution >= 0.6 is 0 Å². The van der Waals surface area contributed by atoms with Crippen LogP contribution in [0, 0.1) is 18.9 Å². The Morgan fingerprint density at radius 1 is 0.892 bits per heavy atom. The number of para-hydroxylation sites is 4. The van der Waals surface area contributed by atoms with E-state index in [1.54, 1.807) is 12.5 Å². The number of pyridine rings is 1. The van der Waals surface area contributed by atoms with Gasteiger partial charge in [0.2, 0.25) is 0 Å². The van der Waals surface area contributed by atoms with E-state index in [9.17, 15) is 0 Å². The van der Waals surface area contributed by atoms with Crippen LogP contribution in [0.4, 0.5) is 17.1 Å². The van der Waals surface area contributed by atoms with Gasteiger partial charge in [-0.2, -0.15) is 37.0 Å². The first-order valence-electron chi connectivity index (χ1n) is 11.8. The molecule has 2 aromatic heterocycles. The van der Waals surface area contributed by atoms with E-state index in [2.05, 4.69) is 98.8 Å². The van der Waals surface area contributed by atoms with Gasteiger partial charge in [0.1, 0.15) is 6.04 Å². The van der Waals surface area contributed by atoms with Gasteiger partial charge in [-0.15, -0.1) is 5.69 Å². The Morgan fingerprint density at radius 2 is 1.70 bits per heavy atom. The van der Waals surface area contributed by atoms with Crippen LogP contribution in [0.2, 0.25) is 0 Å². The number of hydrogen-bond donors (Lipinski definition) is 0. The monoisotopic (exact) mass is 658 g/mol. The summed E-state index contributed by atoms with van der Waals surface area (Å²) >= 11 is 0. The van der Waals surface area contributed by atoms with Crippen LogP contribution in [0.1, 0.15) is 11.6 Å². The van der Waals surface area contributed by atoms with Gasteiger partial charge in [0.15, 0.2) is 0 Å². The van der Waals surface area contributed by atoms with Gasteiger partial charge in [0, 0.05) is 28.5 Å². The SMILES string of the molecule is CN1[CH-]N(c2[c-]cccc2)c2ccccc21.[Ir+3].[c-]1ncn2c1-c1ncccc1C1N=c3ccccc3=C12. The van der Waals surface area contributed by atoms with Crippen molar-refractivity contribution in [3.05, 3.63) is 133 Å². The summed E-state index contributed by atoms with van der Waals surface area (Å²) in [6.07, 6.45) is 6.65. The maximum Gasteiger partial charge on any atom is 3.00 e. The zero-order chi connectivity index (χ0) is 24.1. The van der Waals surface area contributed by atoms with Crippen molar-refractivity contribution in [3.8, 4) is 11.4 Å². The molecule has 8 rings (SSSR count). The molecule has 6 nitrogen and oxygen atoms in total. The molecule has 1 atom stereocenters. The van der Waals surface area contributed by atoms with E-state index < -0.39 is 0 Å². The van der Waals surface area contributed by atoms with E-state index in [-0.39, 0.29) is 26.1 Å². The number of rotatable bonds is 1. The van der Waals surface area contributed by atoms with Crippen LogP contribution in [-0.2, 0) is 20.1 Å². The molecule has 180 valence electrons. The predicted octanol–water partition coefficient (Wildman–Crippen LogP) is 4.28. The van der Waals surface area contributed by atoms with Crippen LogP contribution in [0.25, 0.3) is 17.1 Å². The molecule has 5 heterocycles. The Morgan fingerprint density at radius 3 is 2.57 bits per heavy atom. The van der Waals surface area contributed by atoms with Gasteiger partial charge in [-0.1, -0.05) is 42.6 Å². The summed E-state index contributed by atoms with van der Waals surface area (Å²) in [6, 6.07) is 31.9. The molecule has 0 N–H and O–H groups in total.